The third-order valence-electron chi connectivity index (χ3n) is 2.44. The zero-order valence-electron chi connectivity index (χ0n) is 7.23. The maximum atomic E-state index is 5.40. The topological polar surface area (TPSA) is 27.1 Å². The van der Waals surface area contributed by atoms with E-state index in [0.717, 1.165) is 18.7 Å². The first kappa shape index (κ1) is 7.09. The average molecular weight is 174 g/mol. The molecule has 1 aromatic heterocycles. The van der Waals surface area contributed by atoms with Crippen molar-refractivity contribution >= 4 is 10.9 Å². The smallest absolute Gasteiger partial charge is 0.0927 e. The van der Waals surface area contributed by atoms with Gasteiger partial charge in [-0.3, -0.25) is 4.68 Å². The molecule has 1 aromatic carbocycles. The number of nitrogens with zero attached hydrogens (tertiary/aromatic N) is 2. The van der Waals surface area contributed by atoms with Crippen LogP contribution in [0.25, 0.3) is 10.9 Å². The number of rotatable bonds is 0. The fourth-order valence-corrected chi connectivity index (χ4v) is 1.79. The van der Waals surface area contributed by atoms with Gasteiger partial charge in [0, 0.05) is 5.39 Å². The number of benzene rings is 1. The van der Waals surface area contributed by atoms with E-state index in [2.05, 4.69) is 11.2 Å². The highest BCUT2D eigenvalue weighted by Crippen LogP contribution is 2.20. The zero-order valence-corrected chi connectivity index (χ0v) is 7.23. The summed E-state index contributed by atoms with van der Waals surface area (Å²) >= 11 is 0. The molecule has 0 saturated carbocycles. The van der Waals surface area contributed by atoms with Gasteiger partial charge >= 0.3 is 0 Å². The second-order valence-corrected chi connectivity index (χ2v) is 3.24. The predicted molar refractivity (Wildman–Crippen MR) is 49.4 cm³/mol. The molecule has 0 atom stereocenters. The molecule has 13 heavy (non-hydrogen) atoms. The number of ether oxygens (including phenoxy) is 1. The lowest BCUT2D eigenvalue weighted by Gasteiger charge is -2.13. The van der Waals surface area contributed by atoms with Gasteiger partial charge in [-0.05, 0) is 6.07 Å². The Morgan fingerprint density at radius 1 is 1.31 bits per heavy atom. The van der Waals surface area contributed by atoms with E-state index in [1.807, 2.05) is 22.9 Å². The molecule has 2 aromatic rings. The number of hydrogen-bond donors (Lipinski definition) is 0. The van der Waals surface area contributed by atoms with Crippen LogP contribution in [0.2, 0.25) is 0 Å². The van der Waals surface area contributed by atoms with Gasteiger partial charge in [0.05, 0.1) is 31.0 Å². The fraction of sp³-hybridized carbons (Fsp3) is 0.300. The minimum Gasteiger partial charge on any atom is -0.373 e. The first-order valence-electron chi connectivity index (χ1n) is 4.47. The van der Waals surface area contributed by atoms with Crippen molar-refractivity contribution in [2.45, 2.75) is 13.2 Å². The van der Waals surface area contributed by atoms with E-state index in [4.69, 9.17) is 4.74 Å². The molecule has 0 radical (unpaired) electrons. The first-order chi connectivity index (χ1) is 6.45. The Bertz CT molecular complexity index is 447. The van der Waals surface area contributed by atoms with Gasteiger partial charge in [0.25, 0.3) is 0 Å². The van der Waals surface area contributed by atoms with Crippen LogP contribution in [0.5, 0.6) is 0 Å². The molecule has 0 aliphatic carbocycles. The fourth-order valence-electron chi connectivity index (χ4n) is 1.79. The van der Waals surface area contributed by atoms with Crippen molar-refractivity contribution in [2.75, 3.05) is 6.61 Å². The Morgan fingerprint density at radius 3 is 3.23 bits per heavy atom. The minimum absolute atomic E-state index is 0.695. The molecule has 3 rings (SSSR count). The van der Waals surface area contributed by atoms with E-state index < -0.39 is 0 Å². The van der Waals surface area contributed by atoms with Gasteiger partial charge in [-0.2, -0.15) is 5.10 Å². The van der Waals surface area contributed by atoms with Crippen molar-refractivity contribution in [1.29, 1.82) is 0 Å². The van der Waals surface area contributed by atoms with Gasteiger partial charge in [0.2, 0.25) is 0 Å². The van der Waals surface area contributed by atoms with Gasteiger partial charge < -0.3 is 4.74 Å². The lowest BCUT2D eigenvalue weighted by molar-refractivity contribution is 0.0812. The second-order valence-electron chi connectivity index (χ2n) is 3.24. The Hall–Kier alpha value is -1.35. The monoisotopic (exact) mass is 174 g/mol. The molecule has 1 aliphatic heterocycles. The first-order valence-corrected chi connectivity index (χ1v) is 4.47. The number of hydrogen-bond acceptors (Lipinski definition) is 2. The Kier molecular flexibility index (Phi) is 1.40. The summed E-state index contributed by atoms with van der Waals surface area (Å²) in [5.41, 5.74) is 2.28. The molecule has 0 spiro atoms. The van der Waals surface area contributed by atoms with Crippen LogP contribution in [0.4, 0.5) is 0 Å². The molecular formula is C10H10N2O. The average Bonchev–Trinajstić information content (AvgIpc) is 2.56. The van der Waals surface area contributed by atoms with E-state index in [9.17, 15) is 0 Å². The van der Waals surface area contributed by atoms with Crippen molar-refractivity contribution in [3.63, 3.8) is 0 Å². The van der Waals surface area contributed by atoms with Gasteiger partial charge in [0.1, 0.15) is 0 Å². The quantitative estimate of drug-likeness (QED) is 0.606. The van der Waals surface area contributed by atoms with E-state index >= 15 is 0 Å². The van der Waals surface area contributed by atoms with Crippen LogP contribution in [0.3, 0.4) is 0 Å². The summed E-state index contributed by atoms with van der Waals surface area (Å²) in [7, 11) is 0. The van der Waals surface area contributed by atoms with Gasteiger partial charge in [-0.1, -0.05) is 18.2 Å². The summed E-state index contributed by atoms with van der Waals surface area (Å²) in [5, 5.41) is 5.71. The third-order valence-corrected chi connectivity index (χ3v) is 2.44. The van der Waals surface area contributed by atoms with Crippen LogP contribution in [0, 0.1) is 0 Å². The van der Waals surface area contributed by atoms with Crippen molar-refractivity contribution in [3.8, 4) is 0 Å². The highest BCUT2D eigenvalue weighted by molar-refractivity contribution is 5.81. The summed E-state index contributed by atoms with van der Waals surface area (Å²) < 4.78 is 7.45. The van der Waals surface area contributed by atoms with Gasteiger partial charge in [-0.25, -0.2) is 0 Å². The maximum Gasteiger partial charge on any atom is 0.0927 e. The van der Waals surface area contributed by atoms with Crippen molar-refractivity contribution in [1.82, 2.24) is 9.78 Å². The molecule has 3 nitrogen and oxygen atoms in total. The van der Waals surface area contributed by atoms with Crippen LogP contribution >= 0.6 is 0 Å². The van der Waals surface area contributed by atoms with Crippen LogP contribution in [0.15, 0.2) is 24.3 Å². The molecule has 66 valence electrons. The molecule has 0 saturated heterocycles. The second kappa shape index (κ2) is 2.57. The zero-order chi connectivity index (χ0) is 8.67. The summed E-state index contributed by atoms with van der Waals surface area (Å²) in [5.74, 6) is 0. The summed E-state index contributed by atoms with van der Waals surface area (Å²) in [4.78, 5) is 0. The SMILES string of the molecule is c1ccc2c3n(nc2c1)CCOC3. The van der Waals surface area contributed by atoms with E-state index in [1.54, 1.807) is 0 Å². The summed E-state index contributed by atoms with van der Waals surface area (Å²) in [6.07, 6.45) is 0. The molecule has 1 aliphatic rings. The molecule has 0 bridgehead atoms. The third kappa shape index (κ3) is 0.971. The Labute approximate surface area is 75.9 Å². The molecule has 0 N–H and O–H groups in total. The van der Waals surface area contributed by atoms with Crippen molar-refractivity contribution in [3.05, 3.63) is 30.0 Å². The van der Waals surface area contributed by atoms with Crippen molar-refractivity contribution < 1.29 is 4.74 Å². The number of fused-ring (bicyclic) bond motifs is 3. The number of aromatic nitrogens is 2. The molecule has 3 heteroatoms. The van der Waals surface area contributed by atoms with E-state index in [-0.39, 0.29) is 0 Å². The lowest BCUT2D eigenvalue weighted by Crippen LogP contribution is -2.16. The van der Waals surface area contributed by atoms with Gasteiger partial charge in [0.15, 0.2) is 0 Å². The predicted octanol–water partition coefficient (Wildman–Crippen LogP) is 1.57. The van der Waals surface area contributed by atoms with Crippen LogP contribution in [-0.4, -0.2) is 16.4 Å². The highest BCUT2D eigenvalue weighted by atomic mass is 16.5. The van der Waals surface area contributed by atoms with Crippen molar-refractivity contribution in [2.24, 2.45) is 0 Å². The van der Waals surface area contributed by atoms with Crippen LogP contribution < -0.4 is 0 Å². The standard InChI is InChI=1S/C10H10N2O/c1-2-4-9-8(3-1)10-7-13-6-5-12(10)11-9/h1-4H,5-7H2. The van der Waals surface area contributed by atoms with Gasteiger partial charge in [-0.15, -0.1) is 0 Å². The van der Waals surface area contributed by atoms with E-state index in [0.29, 0.717) is 6.61 Å². The van der Waals surface area contributed by atoms with E-state index in [1.165, 1.54) is 11.1 Å². The maximum absolute atomic E-state index is 5.40. The summed E-state index contributed by atoms with van der Waals surface area (Å²) in [6.45, 7) is 2.35. The van der Waals surface area contributed by atoms with Crippen LogP contribution in [-0.2, 0) is 17.9 Å². The minimum atomic E-state index is 0.695. The molecular weight excluding hydrogens is 164 g/mol. The summed E-state index contributed by atoms with van der Waals surface area (Å²) in [6, 6.07) is 8.20. The molecule has 2 heterocycles. The highest BCUT2D eigenvalue weighted by Gasteiger charge is 2.13. The lowest BCUT2D eigenvalue weighted by atomic mass is 10.2. The molecule has 0 fully saturated rings. The molecule has 0 unspecified atom stereocenters. The largest absolute Gasteiger partial charge is 0.373 e. The van der Waals surface area contributed by atoms with Crippen LogP contribution in [0.1, 0.15) is 5.69 Å². The Balaban J connectivity index is 2.34. The Morgan fingerprint density at radius 2 is 2.23 bits per heavy atom. The molecule has 0 amide bonds. The normalized spacial score (nSPS) is 16.0.